The molecule has 1 fully saturated rings. The summed E-state index contributed by atoms with van der Waals surface area (Å²) >= 11 is 1.21. The Morgan fingerprint density at radius 2 is 1.86 bits per heavy atom. The molecular formula is C27H24FN3O5S. The van der Waals surface area contributed by atoms with Gasteiger partial charge < -0.3 is 19.5 Å². The number of rotatable bonds is 7. The molecule has 2 aliphatic heterocycles. The average Bonchev–Trinajstić information content (AvgIpc) is 3.36. The van der Waals surface area contributed by atoms with Gasteiger partial charge in [-0.15, -0.1) is 0 Å². The Bertz CT molecular complexity index is 1330. The lowest BCUT2D eigenvalue weighted by Crippen LogP contribution is -2.44. The standard InChI is InChI=1S/C27H24FN3O5S/c1-2-34-21-10-8-20(9-11-21)30-27-31(15-17-3-12-22-23(13-17)36-16-35-22)25(32)14-24(37-27)26(33)29-19-6-4-18(28)5-7-19/h3-13,24H,2,14-16H2,1H3,(H,29,33)/t24-/m0/s1. The highest BCUT2D eigenvalue weighted by Crippen LogP contribution is 2.35. The molecule has 0 radical (unpaired) electrons. The first-order valence-corrected chi connectivity index (χ1v) is 12.6. The summed E-state index contributed by atoms with van der Waals surface area (Å²) in [5, 5.41) is 2.46. The van der Waals surface area contributed by atoms with Crippen molar-refractivity contribution in [1.29, 1.82) is 0 Å². The molecule has 2 aliphatic rings. The van der Waals surface area contributed by atoms with Gasteiger partial charge in [0.15, 0.2) is 16.7 Å². The van der Waals surface area contributed by atoms with Gasteiger partial charge in [-0.05, 0) is 73.2 Å². The smallest absolute Gasteiger partial charge is 0.238 e. The van der Waals surface area contributed by atoms with Crippen molar-refractivity contribution in [2.75, 3.05) is 18.7 Å². The van der Waals surface area contributed by atoms with Crippen LogP contribution in [0.15, 0.2) is 71.7 Å². The Labute approximate surface area is 217 Å². The van der Waals surface area contributed by atoms with Crippen LogP contribution in [0.1, 0.15) is 18.9 Å². The van der Waals surface area contributed by atoms with Gasteiger partial charge in [0.25, 0.3) is 0 Å². The third-order valence-corrected chi connectivity index (χ3v) is 6.88. The van der Waals surface area contributed by atoms with Crippen LogP contribution in [0.4, 0.5) is 15.8 Å². The number of aliphatic imine (C=N–C) groups is 1. The number of thioether (sulfide) groups is 1. The van der Waals surface area contributed by atoms with Gasteiger partial charge in [0, 0.05) is 12.1 Å². The van der Waals surface area contributed by atoms with E-state index in [9.17, 15) is 14.0 Å². The van der Waals surface area contributed by atoms with E-state index in [1.807, 2.05) is 19.1 Å². The lowest BCUT2D eigenvalue weighted by atomic mass is 10.1. The summed E-state index contributed by atoms with van der Waals surface area (Å²) in [4.78, 5) is 32.6. The van der Waals surface area contributed by atoms with E-state index in [4.69, 9.17) is 19.2 Å². The summed E-state index contributed by atoms with van der Waals surface area (Å²) in [5.74, 6) is 1.00. The molecule has 37 heavy (non-hydrogen) atoms. The second kappa shape index (κ2) is 10.9. The van der Waals surface area contributed by atoms with E-state index in [0.29, 0.717) is 40.4 Å². The molecule has 3 aromatic rings. The molecule has 1 N–H and O–H groups in total. The number of hydrogen-bond donors (Lipinski definition) is 1. The summed E-state index contributed by atoms with van der Waals surface area (Å²) in [7, 11) is 0. The second-order valence-electron chi connectivity index (χ2n) is 8.30. The third-order valence-electron chi connectivity index (χ3n) is 5.69. The Morgan fingerprint density at radius 1 is 1.11 bits per heavy atom. The summed E-state index contributed by atoms with van der Waals surface area (Å²) < 4.78 is 29.6. The van der Waals surface area contributed by atoms with Gasteiger partial charge in [0.1, 0.15) is 16.8 Å². The maximum absolute atomic E-state index is 13.3. The minimum atomic E-state index is -0.702. The van der Waals surface area contributed by atoms with Crippen molar-refractivity contribution >= 4 is 40.1 Å². The van der Waals surface area contributed by atoms with E-state index in [0.717, 1.165) is 5.56 Å². The zero-order chi connectivity index (χ0) is 25.8. The lowest BCUT2D eigenvalue weighted by Gasteiger charge is -2.32. The van der Waals surface area contributed by atoms with Crippen molar-refractivity contribution in [1.82, 2.24) is 4.90 Å². The molecule has 0 spiro atoms. The lowest BCUT2D eigenvalue weighted by molar-refractivity contribution is -0.129. The highest BCUT2D eigenvalue weighted by molar-refractivity contribution is 8.15. The SMILES string of the molecule is CCOc1ccc(N=C2S[C@H](C(=O)Nc3ccc(F)cc3)CC(=O)N2Cc2ccc3c(c2)OCO3)cc1. The van der Waals surface area contributed by atoms with Crippen molar-refractivity contribution in [3.63, 3.8) is 0 Å². The largest absolute Gasteiger partial charge is 0.494 e. The molecule has 0 bridgehead atoms. The zero-order valence-electron chi connectivity index (χ0n) is 20.0. The van der Waals surface area contributed by atoms with E-state index >= 15 is 0 Å². The normalized spacial score (nSPS) is 17.7. The number of anilines is 1. The molecule has 3 aromatic carbocycles. The fourth-order valence-electron chi connectivity index (χ4n) is 3.87. The monoisotopic (exact) mass is 521 g/mol. The molecule has 5 rings (SSSR count). The molecule has 10 heteroatoms. The molecule has 190 valence electrons. The maximum atomic E-state index is 13.3. The van der Waals surface area contributed by atoms with Gasteiger partial charge >= 0.3 is 0 Å². The van der Waals surface area contributed by atoms with E-state index in [2.05, 4.69) is 5.32 Å². The Kier molecular flexibility index (Phi) is 7.27. The van der Waals surface area contributed by atoms with Gasteiger partial charge in [0.2, 0.25) is 18.6 Å². The fourth-order valence-corrected chi connectivity index (χ4v) is 4.97. The van der Waals surface area contributed by atoms with Crippen LogP contribution in [-0.4, -0.2) is 40.5 Å². The number of amidine groups is 1. The molecule has 8 nitrogen and oxygen atoms in total. The predicted octanol–water partition coefficient (Wildman–Crippen LogP) is 5.11. The molecule has 2 amide bonds. The van der Waals surface area contributed by atoms with Crippen molar-refractivity contribution in [3.8, 4) is 17.2 Å². The van der Waals surface area contributed by atoms with Crippen LogP contribution in [0.3, 0.4) is 0 Å². The quantitative estimate of drug-likeness (QED) is 0.465. The number of hydrogen-bond acceptors (Lipinski definition) is 7. The maximum Gasteiger partial charge on any atom is 0.238 e. The minimum Gasteiger partial charge on any atom is -0.494 e. The van der Waals surface area contributed by atoms with Crippen LogP contribution in [0.25, 0.3) is 0 Å². The zero-order valence-corrected chi connectivity index (χ0v) is 20.8. The molecule has 0 aliphatic carbocycles. The predicted molar refractivity (Wildman–Crippen MR) is 139 cm³/mol. The van der Waals surface area contributed by atoms with Gasteiger partial charge in [-0.3, -0.25) is 14.5 Å². The van der Waals surface area contributed by atoms with Gasteiger partial charge in [-0.1, -0.05) is 17.8 Å². The van der Waals surface area contributed by atoms with Crippen LogP contribution in [0, 0.1) is 5.82 Å². The Hall–Kier alpha value is -4.05. The van der Waals surface area contributed by atoms with E-state index in [1.165, 1.54) is 36.0 Å². The molecule has 0 saturated carbocycles. The highest BCUT2D eigenvalue weighted by atomic mass is 32.2. The number of benzene rings is 3. The summed E-state index contributed by atoms with van der Waals surface area (Å²) in [6.07, 6.45) is -0.00938. The number of nitrogens with one attached hydrogen (secondary N) is 1. The van der Waals surface area contributed by atoms with Gasteiger partial charge in [0.05, 0.1) is 18.8 Å². The third kappa shape index (κ3) is 5.86. The van der Waals surface area contributed by atoms with Gasteiger partial charge in [-0.25, -0.2) is 9.38 Å². The number of amides is 2. The second-order valence-corrected chi connectivity index (χ2v) is 9.47. The van der Waals surface area contributed by atoms with Crippen LogP contribution in [0.2, 0.25) is 0 Å². The molecule has 0 aromatic heterocycles. The molecule has 1 atom stereocenters. The van der Waals surface area contributed by atoms with Crippen LogP contribution >= 0.6 is 11.8 Å². The van der Waals surface area contributed by atoms with E-state index in [1.54, 1.807) is 35.2 Å². The number of carbonyl (C=O) groups is 2. The van der Waals surface area contributed by atoms with Crippen LogP contribution < -0.4 is 19.5 Å². The summed E-state index contributed by atoms with van der Waals surface area (Å²) in [6.45, 7) is 2.87. The number of halogens is 1. The average molecular weight is 522 g/mol. The number of carbonyl (C=O) groups excluding carboxylic acids is 2. The molecule has 0 unspecified atom stereocenters. The topological polar surface area (TPSA) is 89.5 Å². The Morgan fingerprint density at radius 3 is 2.62 bits per heavy atom. The first kappa shape index (κ1) is 24.6. The number of fused-ring (bicyclic) bond motifs is 1. The number of ether oxygens (including phenoxy) is 3. The van der Waals surface area contributed by atoms with Gasteiger partial charge in [-0.2, -0.15) is 0 Å². The van der Waals surface area contributed by atoms with E-state index < -0.39 is 11.1 Å². The van der Waals surface area contributed by atoms with Crippen LogP contribution in [0.5, 0.6) is 17.2 Å². The van der Waals surface area contributed by atoms with Crippen molar-refractivity contribution in [2.45, 2.75) is 25.1 Å². The molecule has 2 heterocycles. The van der Waals surface area contributed by atoms with Crippen molar-refractivity contribution in [2.24, 2.45) is 4.99 Å². The van der Waals surface area contributed by atoms with Crippen molar-refractivity contribution < 1.29 is 28.2 Å². The Balaban J connectivity index is 1.40. The highest BCUT2D eigenvalue weighted by Gasteiger charge is 2.36. The van der Waals surface area contributed by atoms with Crippen LogP contribution in [-0.2, 0) is 16.1 Å². The summed E-state index contributed by atoms with van der Waals surface area (Å²) in [6, 6.07) is 18.2. The minimum absolute atomic E-state index is 0.00938. The first-order chi connectivity index (χ1) is 18.0. The number of nitrogens with zero attached hydrogens (tertiary/aromatic N) is 2. The molecular weight excluding hydrogens is 497 g/mol. The molecule has 1 saturated heterocycles. The fraction of sp³-hybridized carbons (Fsp3) is 0.222. The van der Waals surface area contributed by atoms with E-state index in [-0.39, 0.29) is 31.6 Å². The first-order valence-electron chi connectivity index (χ1n) is 11.7. The van der Waals surface area contributed by atoms with Crippen molar-refractivity contribution in [3.05, 3.63) is 78.1 Å². The summed E-state index contributed by atoms with van der Waals surface area (Å²) in [5.41, 5.74) is 1.91.